The summed E-state index contributed by atoms with van der Waals surface area (Å²) in [5.41, 5.74) is 0.622. The third-order valence-electron chi connectivity index (χ3n) is 4.90. The van der Waals surface area contributed by atoms with E-state index in [-0.39, 0.29) is 30.6 Å². The summed E-state index contributed by atoms with van der Waals surface area (Å²) in [6.07, 6.45) is 4.48. The Morgan fingerprint density at radius 2 is 1.82 bits per heavy atom. The van der Waals surface area contributed by atoms with Crippen molar-refractivity contribution < 1.29 is 23.2 Å². The van der Waals surface area contributed by atoms with Gasteiger partial charge in [0.05, 0.1) is 18.1 Å². The van der Waals surface area contributed by atoms with Gasteiger partial charge in [-0.3, -0.25) is 9.59 Å². The van der Waals surface area contributed by atoms with Crippen LogP contribution in [0.5, 0.6) is 0 Å². The monoisotopic (exact) mass is 455 g/mol. The number of aromatic nitrogens is 3. The summed E-state index contributed by atoms with van der Waals surface area (Å²) >= 11 is 0. The molecule has 0 radical (unpaired) electrons. The summed E-state index contributed by atoms with van der Waals surface area (Å²) in [5, 5.41) is 11.7. The van der Waals surface area contributed by atoms with Crippen molar-refractivity contribution in [3.63, 3.8) is 0 Å². The summed E-state index contributed by atoms with van der Waals surface area (Å²) in [6.45, 7) is 0.438. The van der Waals surface area contributed by atoms with E-state index in [1.54, 1.807) is 0 Å². The number of nitrogens with one attached hydrogen (secondary N) is 3. The highest BCUT2D eigenvalue weighted by atomic mass is 19.1. The molecule has 12 heteroatoms. The zero-order valence-electron chi connectivity index (χ0n) is 17.2. The molecule has 3 aromatic rings. The number of rotatable bonds is 4. The predicted molar refractivity (Wildman–Crippen MR) is 113 cm³/mol. The number of hydrogen-bond acceptors (Lipinski definition) is 5. The first kappa shape index (κ1) is 21.9. The average molecular weight is 455 g/mol. The van der Waals surface area contributed by atoms with Gasteiger partial charge in [-0.25, -0.2) is 23.2 Å². The molecule has 3 heterocycles. The third kappa shape index (κ3) is 5.29. The second kappa shape index (κ2) is 9.42. The van der Waals surface area contributed by atoms with Crippen LogP contribution in [0.2, 0.25) is 0 Å². The zero-order valence-corrected chi connectivity index (χ0v) is 17.2. The van der Waals surface area contributed by atoms with E-state index in [0.29, 0.717) is 12.1 Å². The lowest BCUT2D eigenvalue weighted by molar-refractivity contribution is -0.142. The van der Waals surface area contributed by atoms with Crippen LogP contribution in [-0.2, 0) is 9.59 Å². The molecule has 0 bridgehead atoms. The highest BCUT2D eigenvalue weighted by Gasteiger charge is 2.31. The third-order valence-corrected chi connectivity index (χ3v) is 4.90. The minimum atomic E-state index is -0.882. The van der Waals surface area contributed by atoms with Crippen LogP contribution >= 0.6 is 0 Å². The van der Waals surface area contributed by atoms with E-state index in [4.69, 9.17) is 0 Å². The van der Waals surface area contributed by atoms with Gasteiger partial charge >= 0.3 is 17.8 Å². The van der Waals surface area contributed by atoms with Gasteiger partial charge in [0, 0.05) is 31.0 Å². The van der Waals surface area contributed by atoms with Crippen LogP contribution in [0, 0.1) is 11.6 Å². The Kier molecular flexibility index (Phi) is 6.24. The van der Waals surface area contributed by atoms with E-state index in [1.807, 2.05) is 0 Å². The summed E-state index contributed by atoms with van der Waals surface area (Å²) in [4.78, 5) is 42.1. The minimum absolute atomic E-state index is 0.0447. The van der Waals surface area contributed by atoms with Gasteiger partial charge < -0.3 is 20.9 Å². The quantitative estimate of drug-likeness (QED) is 0.519. The molecule has 1 saturated heterocycles. The van der Waals surface area contributed by atoms with E-state index >= 15 is 0 Å². The fourth-order valence-electron chi connectivity index (χ4n) is 3.33. The number of pyridine rings is 1. The number of urea groups is 1. The number of anilines is 2. The number of nitrogens with zero attached hydrogens (tertiary/aromatic N) is 4. The molecule has 1 aliphatic rings. The highest BCUT2D eigenvalue weighted by molar-refractivity contribution is 6.39. The van der Waals surface area contributed by atoms with Gasteiger partial charge in [0.15, 0.2) is 11.6 Å². The number of halogens is 2. The van der Waals surface area contributed by atoms with Crippen molar-refractivity contribution in [2.45, 2.75) is 12.5 Å². The topological polar surface area (TPSA) is 121 Å². The Labute approximate surface area is 186 Å². The summed E-state index contributed by atoms with van der Waals surface area (Å²) in [7, 11) is 0. The maximum absolute atomic E-state index is 13.8. The fourth-order valence-corrected chi connectivity index (χ4v) is 3.33. The van der Waals surface area contributed by atoms with Crippen LogP contribution in [0.1, 0.15) is 6.42 Å². The molecule has 0 spiro atoms. The molecule has 3 N–H and O–H groups in total. The number of amides is 4. The zero-order chi connectivity index (χ0) is 23.4. The van der Waals surface area contributed by atoms with Crippen molar-refractivity contribution in [3.05, 3.63) is 66.6 Å². The molecule has 0 aliphatic carbocycles. The lowest BCUT2D eigenvalue weighted by atomic mass is 10.3. The lowest BCUT2D eigenvalue weighted by Crippen LogP contribution is -2.43. The maximum atomic E-state index is 13.8. The normalized spacial score (nSPS) is 15.2. The van der Waals surface area contributed by atoms with Gasteiger partial charge in [0.2, 0.25) is 0 Å². The number of carbonyl (C=O) groups excluding carboxylic acids is 3. The molecular weight excluding hydrogens is 436 g/mol. The molecule has 0 saturated carbocycles. The Morgan fingerprint density at radius 3 is 2.58 bits per heavy atom. The Morgan fingerprint density at radius 1 is 1.03 bits per heavy atom. The molecule has 33 heavy (non-hydrogen) atoms. The van der Waals surface area contributed by atoms with Gasteiger partial charge in [-0.2, -0.15) is 5.10 Å². The molecule has 10 nitrogen and oxygen atoms in total. The molecule has 2 aromatic heterocycles. The maximum Gasteiger partial charge on any atom is 0.319 e. The Bertz CT molecular complexity index is 1180. The van der Waals surface area contributed by atoms with Gasteiger partial charge in [-0.15, -0.1) is 0 Å². The number of benzene rings is 1. The number of carbonyl (C=O) groups is 3. The second-order valence-electron chi connectivity index (χ2n) is 7.28. The Hall–Kier alpha value is -4.35. The first-order valence-corrected chi connectivity index (χ1v) is 9.98. The van der Waals surface area contributed by atoms with E-state index in [2.05, 4.69) is 26.0 Å². The van der Waals surface area contributed by atoms with Crippen LogP contribution in [0.15, 0.2) is 55.0 Å². The Balaban J connectivity index is 1.28. The van der Waals surface area contributed by atoms with E-state index in [1.165, 1.54) is 59.9 Å². The molecule has 1 atom stereocenters. The summed E-state index contributed by atoms with van der Waals surface area (Å²) < 4.78 is 27.9. The number of likely N-dealkylation sites (tertiary alicyclic amines) is 1. The molecule has 1 unspecified atom stereocenters. The molecule has 1 aromatic carbocycles. The van der Waals surface area contributed by atoms with Crippen LogP contribution in [0.25, 0.3) is 5.82 Å². The first-order valence-electron chi connectivity index (χ1n) is 9.98. The van der Waals surface area contributed by atoms with Crippen molar-refractivity contribution in [3.8, 4) is 5.82 Å². The molecule has 4 rings (SSSR count). The van der Waals surface area contributed by atoms with Gasteiger partial charge in [0.1, 0.15) is 5.82 Å². The van der Waals surface area contributed by atoms with Crippen molar-refractivity contribution in [2.75, 3.05) is 23.7 Å². The molecule has 4 amide bonds. The van der Waals surface area contributed by atoms with Crippen LogP contribution in [-0.4, -0.2) is 56.6 Å². The van der Waals surface area contributed by atoms with Crippen molar-refractivity contribution in [1.82, 2.24) is 25.0 Å². The number of hydrogen-bond donors (Lipinski definition) is 3. The minimum Gasteiger partial charge on any atom is -0.333 e. The molecule has 170 valence electrons. The van der Waals surface area contributed by atoms with E-state index in [0.717, 1.165) is 4.68 Å². The van der Waals surface area contributed by atoms with Crippen molar-refractivity contribution in [2.24, 2.45) is 0 Å². The van der Waals surface area contributed by atoms with Crippen LogP contribution < -0.4 is 16.0 Å². The second-order valence-corrected chi connectivity index (χ2v) is 7.28. The van der Waals surface area contributed by atoms with Gasteiger partial charge in [0.25, 0.3) is 0 Å². The van der Waals surface area contributed by atoms with E-state index < -0.39 is 29.5 Å². The van der Waals surface area contributed by atoms with Gasteiger partial charge in [-0.1, -0.05) is 0 Å². The molecular formula is C21H19F2N7O3. The van der Waals surface area contributed by atoms with Crippen LogP contribution in [0.3, 0.4) is 0 Å². The smallest absolute Gasteiger partial charge is 0.319 e. The lowest BCUT2D eigenvalue weighted by Gasteiger charge is -2.16. The van der Waals surface area contributed by atoms with Crippen molar-refractivity contribution in [1.29, 1.82) is 0 Å². The summed E-state index contributed by atoms with van der Waals surface area (Å²) in [6, 6.07) is 7.11. The average Bonchev–Trinajstić information content (AvgIpc) is 3.45. The van der Waals surface area contributed by atoms with Crippen molar-refractivity contribution >= 4 is 29.2 Å². The predicted octanol–water partition coefficient (Wildman–Crippen LogP) is 1.91. The standard InChI is InChI=1S/C21H19F2N7O3/c22-13-3-5-14(6-4-13)27-21(33)28-15-7-9-29(11-15)20(32)19(31)26-16-10-25-30(12-16)18-17(23)2-1-8-24-18/h1-6,8,10,12,15H,7,9,11H2,(H,26,31)(H2,27,28,33). The first-order chi connectivity index (χ1) is 15.9. The fraction of sp³-hybridized carbons (Fsp3) is 0.190. The SMILES string of the molecule is O=C(Nc1ccc(F)cc1)NC1CCN(C(=O)C(=O)Nc2cnn(-c3ncccc3F)c2)C1. The summed E-state index contributed by atoms with van der Waals surface area (Å²) in [5.74, 6) is -2.70. The molecule has 1 aliphatic heterocycles. The highest BCUT2D eigenvalue weighted by Crippen LogP contribution is 2.15. The van der Waals surface area contributed by atoms with Gasteiger partial charge in [-0.05, 0) is 42.8 Å². The van der Waals surface area contributed by atoms with Crippen LogP contribution in [0.4, 0.5) is 25.0 Å². The largest absolute Gasteiger partial charge is 0.333 e. The van der Waals surface area contributed by atoms with E-state index in [9.17, 15) is 23.2 Å². The molecule has 1 fully saturated rings.